The molecule has 3 N–H and O–H groups in total. The summed E-state index contributed by atoms with van der Waals surface area (Å²) in [6.07, 6.45) is 0. The predicted octanol–water partition coefficient (Wildman–Crippen LogP) is 3.50. The number of nitrogens with one attached hydrogen (secondary N) is 2. The van der Waals surface area contributed by atoms with Crippen molar-refractivity contribution in [2.75, 3.05) is 6.54 Å². The SMILES string of the molecule is CCNC(=NCc1ccc(F)c(CO)c1)NCc1ccccc1C.I. The third kappa shape index (κ3) is 6.62. The van der Waals surface area contributed by atoms with Crippen molar-refractivity contribution in [2.24, 2.45) is 4.99 Å². The molecule has 6 heteroatoms. The van der Waals surface area contributed by atoms with Crippen molar-refractivity contribution in [3.63, 3.8) is 0 Å². The molecule has 0 aromatic heterocycles. The van der Waals surface area contributed by atoms with Crippen LogP contribution in [0.5, 0.6) is 0 Å². The maximum absolute atomic E-state index is 13.4. The summed E-state index contributed by atoms with van der Waals surface area (Å²) in [5.74, 6) is 0.311. The lowest BCUT2D eigenvalue weighted by Crippen LogP contribution is -2.36. The van der Waals surface area contributed by atoms with Gasteiger partial charge in [-0.3, -0.25) is 0 Å². The highest BCUT2D eigenvalue weighted by Crippen LogP contribution is 2.11. The zero-order valence-electron chi connectivity index (χ0n) is 14.6. The van der Waals surface area contributed by atoms with Gasteiger partial charge >= 0.3 is 0 Å². The Morgan fingerprint density at radius 3 is 2.56 bits per heavy atom. The molecule has 0 saturated carbocycles. The van der Waals surface area contributed by atoms with Crippen molar-refractivity contribution in [3.8, 4) is 0 Å². The summed E-state index contributed by atoms with van der Waals surface area (Å²) in [7, 11) is 0. The number of rotatable bonds is 6. The van der Waals surface area contributed by atoms with Crippen LogP contribution in [0.3, 0.4) is 0 Å². The standard InChI is InChI=1S/C19H24FN3O.HI/c1-3-21-19(23-12-16-7-5-4-6-14(16)2)22-11-15-8-9-18(20)17(10-15)13-24;/h4-10,24H,3,11-13H2,1-2H3,(H2,21,22,23);1H. The molecule has 136 valence electrons. The molecule has 2 rings (SSSR count). The third-order valence-electron chi connectivity index (χ3n) is 3.75. The molecule has 0 spiro atoms. The monoisotopic (exact) mass is 457 g/mol. The van der Waals surface area contributed by atoms with E-state index in [-0.39, 0.29) is 30.6 Å². The van der Waals surface area contributed by atoms with Gasteiger partial charge in [0.05, 0.1) is 13.2 Å². The summed E-state index contributed by atoms with van der Waals surface area (Å²) in [6.45, 7) is 5.63. The van der Waals surface area contributed by atoms with E-state index in [2.05, 4.69) is 34.7 Å². The van der Waals surface area contributed by atoms with E-state index in [1.54, 1.807) is 12.1 Å². The Balaban J connectivity index is 0.00000312. The minimum atomic E-state index is -0.394. The van der Waals surface area contributed by atoms with E-state index >= 15 is 0 Å². The quantitative estimate of drug-likeness (QED) is 0.354. The van der Waals surface area contributed by atoms with Crippen molar-refractivity contribution in [1.29, 1.82) is 0 Å². The van der Waals surface area contributed by atoms with E-state index in [4.69, 9.17) is 5.11 Å². The number of guanidine groups is 1. The average Bonchev–Trinajstić information content (AvgIpc) is 2.59. The van der Waals surface area contributed by atoms with Crippen LogP contribution in [0.2, 0.25) is 0 Å². The van der Waals surface area contributed by atoms with Crippen molar-refractivity contribution in [1.82, 2.24) is 10.6 Å². The Hall–Kier alpha value is -1.67. The molecule has 0 unspecified atom stereocenters. The summed E-state index contributed by atoms with van der Waals surface area (Å²) in [4.78, 5) is 4.52. The Labute approximate surface area is 165 Å². The molecule has 0 saturated heterocycles. The van der Waals surface area contributed by atoms with Crippen molar-refractivity contribution >= 4 is 29.9 Å². The van der Waals surface area contributed by atoms with Crippen molar-refractivity contribution in [3.05, 3.63) is 70.5 Å². The highest BCUT2D eigenvalue weighted by molar-refractivity contribution is 14.0. The number of aryl methyl sites for hydroxylation is 1. The van der Waals surface area contributed by atoms with E-state index < -0.39 is 5.82 Å². The zero-order valence-corrected chi connectivity index (χ0v) is 16.9. The molecule has 4 nitrogen and oxygen atoms in total. The van der Waals surface area contributed by atoms with Gasteiger partial charge < -0.3 is 15.7 Å². The molecular formula is C19H25FIN3O. The molecule has 0 bridgehead atoms. The number of nitrogens with zero attached hydrogens (tertiary/aromatic N) is 1. The van der Waals surface area contributed by atoms with Gasteiger partial charge in [0, 0.05) is 18.7 Å². The second-order valence-corrected chi connectivity index (χ2v) is 5.56. The smallest absolute Gasteiger partial charge is 0.191 e. The van der Waals surface area contributed by atoms with Crippen molar-refractivity contribution < 1.29 is 9.50 Å². The lowest BCUT2D eigenvalue weighted by atomic mass is 10.1. The predicted molar refractivity (Wildman–Crippen MR) is 111 cm³/mol. The molecule has 0 radical (unpaired) electrons. The molecule has 2 aromatic carbocycles. The Bertz CT molecular complexity index is 707. The molecule has 0 atom stereocenters. The first-order valence-electron chi connectivity index (χ1n) is 8.09. The molecule has 2 aromatic rings. The first kappa shape index (κ1) is 21.4. The second-order valence-electron chi connectivity index (χ2n) is 5.56. The Kier molecular flexibility index (Phi) is 9.44. The topological polar surface area (TPSA) is 56.7 Å². The molecular weight excluding hydrogens is 432 g/mol. The van der Waals surface area contributed by atoms with Gasteiger partial charge in [0.2, 0.25) is 0 Å². The molecule has 25 heavy (non-hydrogen) atoms. The normalized spacial score (nSPS) is 11.0. The van der Waals surface area contributed by atoms with Crippen LogP contribution in [0, 0.1) is 12.7 Å². The summed E-state index contributed by atoms with van der Waals surface area (Å²) >= 11 is 0. The number of aliphatic imine (C=N–C) groups is 1. The van der Waals surface area contributed by atoms with E-state index in [1.165, 1.54) is 17.2 Å². The minimum absolute atomic E-state index is 0. The number of hydrogen-bond acceptors (Lipinski definition) is 2. The fourth-order valence-corrected chi connectivity index (χ4v) is 2.35. The third-order valence-corrected chi connectivity index (χ3v) is 3.75. The van der Waals surface area contributed by atoms with Crippen LogP contribution in [0.25, 0.3) is 0 Å². The van der Waals surface area contributed by atoms with Crippen LogP contribution in [-0.4, -0.2) is 17.6 Å². The fourth-order valence-electron chi connectivity index (χ4n) is 2.35. The van der Waals surface area contributed by atoms with Gasteiger partial charge in [0.1, 0.15) is 5.82 Å². The molecule has 0 fully saturated rings. The van der Waals surface area contributed by atoms with E-state index in [9.17, 15) is 4.39 Å². The van der Waals surface area contributed by atoms with Gasteiger partial charge in [0.15, 0.2) is 5.96 Å². The summed E-state index contributed by atoms with van der Waals surface area (Å²) in [6, 6.07) is 12.9. The lowest BCUT2D eigenvalue weighted by molar-refractivity contribution is 0.275. The van der Waals surface area contributed by atoms with E-state index in [0.29, 0.717) is 24.6 Å². The molecule has 0 aliphatic heterocycles. The molecule has 0 aliphatic rings. The fraction of sp³-hybridized carbons (Fsp3) is 0.316. The first-order chi connectivity index (χ1) is 11.6. The largest absolute Gasteiger partial charge is 0.392 e. The Morgan fingerprint density at radius 2 is 1.88 bits per heavy atom. The van der Waals surface area contributed by atoms with Gasteiger partial charge in [-0.1, -0.05) is 30.3 Å². The van der Waals surface area contributed by atoms with Gasteiger partial charge in [-0.25, -0.2) is 9.38 Å². The number of aliphatic hydroxyl groups is 1. The van der Waals surface area contributed by atoms with Crippen LogP contribution in [0.1, 0.15) is 29.2 Å². The van der Waals surface area contributed by atoms with Gasteiger partial charge in [0.25, 0.3) is 0 Å². The number of halogens is 2. The number of hydrogen-bond donors (Lipinski definition) is 3. The summed E-state index contributed by atoms with van der Waals surface area (Å²) < 4.78 is 13.4. The minimum Gasteiger partial charge on any atom is -0.392 e. The maximum atomic E-state index is 13.4. The second kappa shape index (κ2) is 11.0. The van der Waals surface area contributed by atoms with E-state index in [1.807, 2.05) is 19.1 Å². The summed E-state index contributed by atoms with van der Waals surface area (Å²) in [5, 5.41) is 15.6. The van der Waals surface area contributed by atoms with Crippen LogP contribution in [0.4, 0.5) is 4.39 Å². The molecule has 0 heterocycles. The Morgan fingerprint density at radius 1 is 1.12 bits per heavy atom. The summed E-state index contributed by atoms with van der Waals surface area (Å²) in [5.41, 5.74) is 3.59. The zero-order chi connectivity index (χ0) is 17.4. The van der Waals surface area contributed by atoms with E-state index in [0.717, 1.165) is 12.1 Å². The maximum Gasteiger partial charge on any atom is 0.191 e. The van der Waals surface area contributed by atoms with Gasteiger partial charge in [-0.15, -0.1) is 24.0 Å². The first-order valence-corrected chi connectivity index (χ1v) is 8.09. The number of aliphatic hydroxyl groups excluding tert-OH is 1. The van der Waals surface area contributed by atoms with Crippen molar-refractivity contribution in [2.45, 2.75) is 33.5 Å². The van der Waals surface area contributed by atoms with Gasteiger partial charge in [-0.2, -0.15) is 0 Å². The molecule has 0 aliphatic carbocycles. The van der Waals surface area contributed by atoms with Crippen LogP contribution < -0.4 is 10.6 Å². The highest BCUT2D eigenvalue weighted by atomic mass is 127. The number of benzene rings is 2. The van der Waals surface area contributed by atoms with Crippen LogP contribution in [0.15, 0.2) is 47.5 Å². The highest BCUT2D eigenvalue weighted by Gasteiger charge is 2.04. The van der Waals surface area contributed by atoms with Gasteiger partial charge in [-0.05, 0) is 42.7 Å². The lowest BCUT2D eigenvalue weighted by Gasteiger charge is -2.13. The molecule has 0 amide bonds. The van der Waals surface area contributed by atoms with Crippen LogP contribution in [-0.2, 0) is 19.7 Å². The average molecular weight is 457 g/mol. The van der Waals surface area contributed by atoms with Crippen LogP contribution >= 0.6 is 24.0 Å².